The fraction of sp³-hybridized carbons (Fsp3) is 0.333. The average molecular weight is 435 g/mol. The molecule has 29 heavy (non-hydrogen) atoms. The Balaban J connectivity index is 2.08. The van der Waals surface area contributed by atoms with Crippen LogP contribution in [0.4, 0.5) is 5.69 Å². The number of benzene rings is 2. The van der Waals surface area contributed by atoms with Crippen molar-refractivity contribution in [2.45, 2.75) is 38.1 Å². The maximum Gasteiger partial charge on any atom is 0.338 e. The molecule has 0 heterocycles. The van der Waals surface area contributed by atoms with E-state index in [1.54, 1.807) is 49.4 Å². The molecular formula is C21H26N2O4S2. The minimum absolute atomic E-state index is 0.0669. The first-order valence-electron chi connectivity index (χ1n) is 9.31. The molecule has 2 rings (SSSR count). The molecule has 1 atom stereocenters. The molecule has 0 aromatic heterocycles. The van der Waals surface area contributed by atoms with E-state index in [0.29, 0.717) is 17.3 Å². The Morgan fingerprint density at radius 3 is 2.31 bits per heavy atom. The summed E-state index contributed by atoms with van der Waals surface area (Å²) in [6.45, 7) is 6.00. The lowest BCUT2D eigenvalue weighted by Gasteiger charge is -2.21. The fourth-order valence-electron chi connectivity index (χ4n) is 2.83. The SMILES string of the molecule is CCOC(=O)c1ccc(NC(=S)N[C@H](CC)c2ccc(S(C)(=O)=O)cc2)c(C)c1. The molecule has 156 valence electrons. The van der Waals surface area contributed by atoms with Crippen LogP contribution in [0.5, 0.6) is 0 Å². The van der Waals surface area contributed by atoms with E-state index < -0.39 is 9.84 Å². The molecule has 0 aliphatic rings. The Labute approximate surface area is 177 Å². The van der Waals surface area contributed by atoms with Crippen molar-refractivity contribution >= 4 is 38.8 Å². The summed E-state index contributed by atoms with van der Waals surface area (Å²) in [7, 11) is -3.23. The molecule has 2 aromatic rings. The average Bonchev–Trinajstić information content (AvgIpc) is 2.67. The van der Waals surface area contributed by atoms with Gasteiger partial charge in [0.05, 0.1) is 23.1 Å². The van der Waals surface area contributed by atoms with Crippen LogP contribution >= 0.6 is 12.2 Å². The smallest absolute Gasteiger partial charge is 0.338 e. The van der Waals surface area contributed by atoms with E-state index in [2.05, 4.69) is 10.6 Å². The molecule has 0 aliphatic carbocycles. The number of anilines is 1. The van der Waals surface area contributed by atoms with E-state index in [1.165, 1.54) is 6.26 Å². The highest BCUT2D eigenvalue weighted by molar-refractivity contribution is 7.90. The lowest BCUT2D eigenvalue weighted by molar-refractivity contribution is 0.0526. The van der Waals surface area contributed by atoms with Crippen molar-refractivity contribution in [1.29, 1.82) is 0 Å². The first-order valence-corrected chi connectivity index (χ1v) is 11.6. The minimum atomic E-state index is -3.23. The van der Waals surface area contributed by atoms with Crippen molar-refractivity contribution in [2.75, 3.05) is 18.2 Å². The van der Waals surface area contributed by atoms with Crippen molar-refractivity contribution in [3.05, 3.63) is 59.2 Å². The Morgan fingerprint density at radius 2 is 1.79 bits per heavy atom. The summed E-state index contributed by atoms with van der Waals surface area (Å²) in [5.41, 5.74) is 3.09. The predicted octanol–water partition coefficient (Wildman–Crippen LogP) is 4.01. The van der Waals surface area contributed by atoms with E-state index in [9.17, 15) is 13.2 Å². The van der Waals surface area contributed by atoms with Gasteiger partial charge in [-0.3, -0.25) is 0 Å². The largest absolute Gasteiger partial charge is 0.462 e. The van der Waals surface area contributed by atoms with Gasteiger partial charge in [0, 0.05) is 11.9 Å². The van der Waals surface area contributed by atoms with Gasteiger partial charge in [0.1, 0.15) is 0 Å². The lowest BCUT2D eigenvalue weighted by Crippen LogP contribution is -2.32. The van der Waals surface area contributed by atoms with Crippen LogP contribution in [0.1, 0.15) is 47.8 Å². The number of sulfone groups is 1. The number of carbonyl (C=O) groups excluding carboxylic acids is 1. The summed E-state index contributed by atoms with van der Waals surface area (Å²) >= 11 is 5.44. The number of carbonyl (C=O) groups is 1. The monoisotopic (exact) mass is 434 g/mol. The fourth-order valence-corrected chi connectivity index (χ4v) is 3.71. The minimum Gasteiger partial charge on any atom is -0.462 e. The van der Waals surface area contributed by atoms with E-state index in [0.717, 1.165) is 23.2 Å². The summed E-state index contributed by atoms with van der Waals surface area (Å²) in [4.78, 5) is 12.1. The van der Waals surface area contributed by atoms with Crippen LogP contribution in [0.15, 0.2) is 47.4 Å². The maximum atomic E-state index is 11.8. The van der Waals surface area contributed by atoms with E-state index in [-0.39, 0.29) is 16.9 Å². The molecule has 0 saturated heterocycles. The Bertz CT molecular complexity index is 986. The van der Waals surface area contributed by atoms with Gasteiger partial charge in [-0.05, 0) is 73.9 Å². The first kappa shape index (κ1) is 22.8. The summed E-state index contributed by atoms with van der Waals surface area (Å²) in [5, 5.41) is 6.85. The third kappa shape index (κ3) is 6.27. The highest BCUT2D eigenvalue weighted by atomic mass is 32.2. The molecule has 0 saturated carbocycles. The number of hydrogen-bond donors (Lipinski definition) is 2. The zero-order chi connectivity index (χ0) is 21.6. The molecule has 6 nitrogen and oxygen atoms in total. The zero-order valence-electron chi connectivity index (χ0n) is 17.0. The van der Waals surface area contributed by atoms with Gasteiger partial charge in [-0.2, -0.15) is 0 Å². The van der Waals surface area contributed by atoms with E-state index >= 15 is 0 Å². The van der Waals surface area contributed by atoms with Crippen molar-refractivity contribution in [3.8, 4) is 0 Å². The molecule has 2 N–H and O–H groups in total. The second-order valence-corrected chi connectivity index (χ2v) is 9.07. The highest BCUT2D eigenvalue weighted by Crippen LogP contribution is 2.21. The summed E-state index contributed by atoms with van der Waals surface area (Å²) in [6.07, 6.45) is 1.95. The molecule has 0 amide bonds. The molecule has 8 heteroatoms. The molecule has 0 bridgehead atoms. The molecule has 0 spiro atoms. The summed E-state index contributed by atoms with van der Waals surface area (Å²) in [6, 6.07) is 12.0. The van der Waals surface area contributed by atoms with Gasteiger partial charge in [0.25, 0.3) is 0 Å². The molecule has 0 unspecified atom stereocenters. The Morgan fingerprint density at radius 1 is 1.14 bits per heavy atom. The number of rotatable bonds is 7. The number of thiocarbonyl (C=S) groups is 1. The van der Waals surface area contributed by atoms with Gasteiger partial charge in [-0.25, -0.2) is 13.2 Å². The predicted molar refractivity (Wildman–Crippen MR) is 119 cm³/mol. The number of hydrogen-bond acceptors (Lipinski definition) is 5. The van der Waals surface area contributed by atoms with Gasteiger partial charge in [-0.1, -0.05) is 19.1 Å². The third-order valence-electron chi connectivity index (χ3n) is 4.41. The topological polar surface area (TPSA) is 84.5 Å². The van der Waals surface area contributed by atoms with Gasteiger partial charge in [0.15, 0.2) is 14.9 Å². The van der Waals surface area contributed by atoms with Crippen LogP contribution in [0, 0.1) is 6.92 Å². The number of ether oxygens (including phenoxy) is 1. The van der Waals surface area contributed by atoms with Crippen molar-refractivity contribution in [1.82, 2.24) is 5.32 Å². The van der Waals surface area contributed by atoms with Crippen LogP contribution in [0.3, 0.4) is 0 Å². The molecule has 0 aliphatic heterocycles. The van der Waals surface area contributed by atoms with Crippen molar-refractivity contribution in [3.63, 3.8) is 0 Å². The van der Waals surface area contributed by atoms with Crippen LogP contribution in [0.2, 0.25) is 0 Å². The summed E-state index contributed by atoms with van der Waals surface area (Å²) in [5.74, 6) is -0.355. The quantitative estimate of drug-likeness (QED) is 0.503. The lowest BCUT2D eigenvalue weighted by atomic mass is 10.1. The van der Waals surface area contributed by atoms with Gasteiger partial charge in [-0.15, -0.1) is 0 Å². The third-order valence-corrected chi connectivity index (χ3v) is 5.76. The molecule has 0 radical (unpaired) electrons. The maximum absolute atomic E-state index is 11.8. The van der Waals surface area contributed by atoms with Crippen LogP contribution in [-0.2, 0) is 14.6 Å². The summed E-state index contributed by atoms with van der Waals surface area (Å²) < 4.78 is 28.3. The van der Waals surface area contributed by atoms with Gasteiger partial charge < -0.3 is 15.4 Å². The zero-order valence-corrected chi connectivity index (χ0v) is 18.6. The van der Waals surface area contributed by atoms with Gasteiger partial charge >= 0.3 is 5.97 Å². The molecule has 2 aromatic carbocycles. The second kappa shape index (κ2) is 9.84. The number of aryl methyl sites for hydroxylation is 1. The second-order valence-electron chi connectivity index (χ2n) is 6.65. The van der Waals surface area contributed by atoms with E-state index in [1.807, 2.05) is 13.8 Å². The van der Waals surface area contributed by atoms with Gasteiger partial charge in [0.2, 0.25) is 0 Å². The Kier molecular flexibility index (Phi) is 7.75. The van der Waals surface area contributed by atoms with Crippen LogP contribution < -0.4 is 10.6 Å². The van der Waals surface area contributed by atoms with Crippen LogP contribution in [-0.4, -0.2) is 32.4 Å². The molecular weight excluding hydrogens is 408 g/mol. The first-order chi connectivity index (χ1) is 13.7. The standard InChI is InChI=1S/C21H26N2O4S2/c1-5-18(15-7-10-17(11-8-15)29(4,25)26)22-21(28)23-19-12-9-16(13-14(19)3)20(24)27-6-2/h7-13,18H,5-6H2,1-4H3,(H2,22,23,28)/t18-/m1/s1. The van der Waals surface area contributed by atoms with Crippen molar-refractivity contribution < 1.29 is 17.9 Å². The molecule has 0 fully saturated rings. The Hall–Kier alpha value is -2.45. The van der Waals surface area contributed by atoms with Crippen molar-refractivity contribution in [2.24, 2.45) is 0 Å². The van der Waals surface area contributed by atoms with Crippen LogP contribution in [0.25, 0.3) is 0 Å². The highest BCUT2D eigenvalue weighted by Gasteiger charge is 2.14. The number of nitrogens with one attached hydrogen (secondary N) is 2. The number of esters is 1. The van der Waals surface area contributed by atoms with E-state index in [4.69, 9.17) is 17.0 Å². The normalized spacial score (nSPS) is 12.1.